The van der Waals surface area contributed by atoms with Gasteiger partial charge in [-0.2, -0.15) is 0 Å². The zero-order valence-corrected chi connectivity index (χ0v) is 10.1. The third-order valence-electron chi connectivity index (χ3n) is 2.48. The molecule has 0 unspecified atom stereocenters. The highest BCUT2D eigenvalue weighted by atomic mass is 35.5. The van der Waals surface area contributed by atoms with Gasteiger partial charge in [-0.15, -0.1) is 0 Å². The van der Waals surface area contributed by atoms with Crippen LogP contribution in [-0.2, 0) is 6.54 Å². The minimum atomic E-state index is -0.0271. The topological polar surface area (TPSA) is 34.9 Å². The molecule has 1 aromatic heterocycles. The summed E-state index contributed by atoms with van der Waals surface area (Å²) in [6.07, 6.45) is 0.941. The molecule has 0 fully saturated rings. The largest absolute Gasteiger partial charge is 0.320 e. The number of Topliss-reactive ketones (excluding diaryl/α,β-unsaturated/α-hetero) is 1. The number of rotatable bonds is 3. The van der Waals surface area contributed by atoms with Crippen LogP contribution in [-0.4, -0.2) is 15.3 Å². The van der Waals surface area contributed by atoms with Gasteiger partial charge in [-0.1, -0.05) is 24.6 Å². The van der Waals surface area contributed by atoms with E-state index in [1.54, 1.807) is 0 Å². The lowest BCUT2D eigenvalue weighted by Gasteiger charge is -2.05. The second-order valence-electron chi connectivity index (χ2n) is 3.75. The lowest BCUT2D eigenvalue weighted by molar-refractivity contribution is 0.1000. The summed E-state index contributed by atoms with van der Waals surface area (Å²) in [5.41, 5.74) is 1.64. The normalized spacial score (nSPS) is 10.9. The molecule has 0 amide bonds. The summed E-state index contributed by atoms with van der Waals surface area (Å²) in [5, 5.41) is 0.644. The number of benzene rings is 1. The molecular weight excluding hydrogens is 224 g/mol. The summed E-state index contributed by atoms with van der Waals surface area (Å²) in [7, 11) is 0. The SMILES string of the molecule is CCCn1c(C(C)=O)nc2cccc(Cl)c21. The summed E-state index contributed by atoms with van der Waals surface area (Å²) in [4.78, 5) is 15.8. The number of nitrogens with zero attached hydrogens (tertiary/aromatic N) is 2. The maximum Gasteiger partial charge on any atom is 0.195 e. The number of halogens is 1. The van der Waals surface area contributed by atoms with Crippen LogP contribution in [0.5, 0.6) is 0 Å². The third-order valence-corrected chi connectivity index (χ3v) is 2.78. The summed E-state index contributed by atoms with van der Waals surface area (Å²) in [5.74, 6) is 0.464. The van der Waals surface area contributed by atoms with E-state index in [0.717, 1.165) is 24.0 Å². The van der Waals surface area contributed by atoms with Crippen molar-refractivity contribution in [2.24, 2.45) is 0 Å². The number of carbonyl (C=O) groups excluding carboxylic acids is 1. The molecular formula is C12H13ClN2O. The van der Waals surface area contributed by atoms with E-state index >= 15 is 0 Å². The Bertz CT molecular complexity index is 545. The van der Waals surface area contributed by atoms with Gasteiger partial charge in [0.05, 0.1) is 16.1 Å². The van der Waals surface area contributed by atoms with Crippen molar-refractivity contribution < 1.29 is 4.79 Å². The van der Waals surface area contributed by atoms with Gasteiger partial charge >= 0.3 is 0 Å². The van der Waals surface area contributed by atoms with E-state index < -0.39 is 0 Å². The van der Waals surface area contributed by atoms with Crippen molar-refractivity contribution in [2.45, 2.75) is 26.8 Å². The highest BCUT2D eigenvalue weighted by Gasteiger charge is 2.15. The highest BCUT2D eigenvalue weighted by molar-refractivity contribution is 6.35. The van der Waals surface area contributed by atoms with Crippen molar-refractivity contribution in [3.63, 3.8) is 0 Å². The van der Waals surface area contributed by atoms with Crippen LogP contribution < -0.4 is 0 Å². The van der Waals surface area contributed by atoms with E-state index in [2.05, 4.69) is 11.9 Å². The van der Waals surface area contributed by atoms with Gasteiger partial charge in [0.2, 0.25) is 0 Å². The molecule has 2 rings (SSSR count). The summed E-state index contributed by atoms with van der Waals surface area (Å²) < 4.78 is 1.90. The molecule has 16 heavy (non-hydrogen) atoms. The quantitative estimate of drug-likeness (QED) is 0.767. The van der Waals surface area contributed by atoms with Crippen LogP contribution in [0.1, 0.15) is 30.9 Å². The van der Waals surface area contributed by atoms with E-state index in [1.165, 1.54) is 6.92 Å². The molecule has 0 atom stereocenters. The van der Waals surface area contributed by atoms with Crippen LogP contribution in [0.4, 0.5) is 0 Å². The number of fused-ring (bicyclic) bond motifs is 1. The number of hydrogen-bond donors (Lipinski definition) is 0. The molecule has 1 aromatic carbocycles. The van der Waals surface area contributed by atoms with Gasteiger partial charge in [0, 0.05) is 13.5 Å². The lowest BCUT2D eigenvalue weighted by Crippen LogP contribution is -2.07. The predicted octanol–water partition coefficient (Wildman–Crippen LogP) is 3.30. The van der Waals surface area contributed by atoms with E-state index in [4.69, 9.17) is 11.6 Å². The molecule has 0 saturated heterocycles. The van der Waals surface area contributed by atoms with E-state index in [9.17, 15) is 4.79 Å². The molecule has 0 spiro atoms. The smallest absolute Gasteiger partial charge is 0.195 e. The number of hydrogen-bond acceptors (Lipinski definition) is 2. The first-order valence-electron chi connectivity index (χ1n) is 5.30. The Morgan fingerprint density at radius 1 is 1.50 bits per heavy atom. The second kappa shape index (κ2) is 4.26. The average Bonchev–Trinajstić information content (AvgIpc) is 2.59. The fraction of sp³-hybridized carbons (Fsp3) is 0.333. The van der Waals surface area contributed by atoms with Crippen molar-refractivity contribution >= 4 is 28.4 Å². The van der Waals surface area contributed by atoms with Gasteiger partial charge in [0.1, 0.15) is 0 Å². The number of aromatic nitrogens is 2. The van der Waals surface area contributed by atoms with E-state index in [-0.39, 0.29) is 5.78 Å². The molecule has 0 aliphatic carbocycles. The predicted molar refractivity (Wildman–Crippen MR) is 65.0 cm³/mol. The van der Waals surface area contributed by atoms with Gasteiger partial charge in [-0.3, -0.25) is 4.79 Å². The molecule has 0 aliphatic heterocycles. The molecule has 3 nitrogen and oxygen atoms in total. The van der Waals surface area contributed by atoms with Crippen LogP contribution in [0.25, 0.3) is 11.0 Å². The fourth-order valence-electron chi connectivity index (χ4n) is 1.85. The monoisotopic (exact) mass is 236 g/mol. The Hall–Kier alpha value is -1.35. The number of aryl methyl sites for hydroxylation is 1. The first-order chi connectivity index (χ1) is 7.65. The van der Waals surface area contributed by atoms with Crippen molar-refractivity contribution in [1.29, 1.82) is 0 Å². The number of imidazole rings is 1. The molecule has 0 aliphatic rings. The van der Waals surface area contributed by atoms with Crippen LogP contribution in [0.15, 0.2) is 18.2 Å². The number of carbonyl (C=O) groups is 1. The molecule has 0 N–H and O–H groups in total. The third kappa shape index (κ3) is 1.71. The van der Waals surface area contributed by atoms with Crippen LogP contribution in [0.3, 0.4) is 0 Å². The molecule has 0 radical (unpaired) electrons. The van der Waals surface area contributed by atoms with Crippen LogP contribution in [0, 0.1) is 0 Å². The van der Waals surface area contributed by atoms with Crippen molar-refractivity contribution in [3.05, 3.63) is 29.0 Å². The van der Waals surface area contributed by atoms with Crippen molar-refractivity contribution in [3.8, 4) is 0 Å². The standard InChI is InChI=1S/C12H13ClN2O/c1-3-7-15-11-9(13)5-4-6-10(11)14-12(15)8(2)16/h4-6H,3,7H2,1-2H3. The maximum atomic E-state index is 11.5. The molecule has 2 aromatic rings. The Kier molecular flexibility index (Phi) is 2.97. The Labute approximate surface area is 99.0 Å². The summed E-state index contributed by atoms with van der Waals surface area (Å²) >= 11 is 6.14. The average molecular weight is 237 g/mol. The van der Waals surface area contributed by atoms with E-state index in [0.29, 0.717) is 10.8 Å². The first-order valence-corrected chi connectivity index (χ1v) is 5.68. The van der Waals surface area contributed by atoms with Gasteiger partial charge < -0.3 is 4.57 Å². The minimum absolute atomic E-state index is 0.0271. The lowest BCUT2D eigenvalue weighted by atomic mass is 10.3. The van der Waals surface area contributed by atoms with E-state index in [1.807, 2.05) is 22.8 Å². The minimum Gasteiger partial charge on any atom is -0.320 e. The Morgan fingerprint density at radius 3 is 2.88 bits per heavy atom. The van der Waals surface area contributed by atoms with Crippen molar-refractivity contribution in [2.75, 3.05) is 0 Å². The summed E-state index contributed by atoms with van der Waals surface area (Å²) in [6, 6.07) is 5.54. The highest BCUT2D eigenvalue weighted by Crippen LogP contribution is 2.25. The molecule has 0 saturated carbocycles. The van der Waals surface area contributed by atoms with Gasteiger partial charge in [0.15, 0.2) is 11.6 Å². The molecule has 84 valence electrons. The Balaban J connectivity index is 2.77. The summed E-state index contributed by atoms with van der Waals surface area (Å²) in [6.45, 7) is 4.35. The van der Waals surface area contributed by atoms with Gasteiger partial charge in [-0.05, 0) is 18.6 Å². The zero-order chi connectivity index (χ0) is 11.7. The zero-order valence-electron chi connectivity index (χ0n) is 9.33. The number of para-hydroxylation sites is 1. The second-order valence-corrected chi connectivity index (χ2v) is 4.16. The molecule has 1 heterocycles. The fourth-order valence-corrected chi connectivity index (χ4v) is 2.12. The van der Waals surface area contributed by atoms with Crippen molar-refractivity contribution in [1.82, 2.24) is 9.55 Å². The number of ketones is 1. The maximum absolute atomic E-state index is 11.5. The first kappa shape index (κ1) is 11.1. The van der Waals surface area contributed by atoms with Gasteiger partial charge in [-0.25, -0.2) is 4.98 Å². The van der Waals surface area contributed by atoms with Crippen LogP contribution in [0.2, 0.25) is 5.02 Å². The molecule has 0 bridgehead atoms. The van der Waals surface area contributed by atoms with Crippen LogP contribution >= 0.6 is 11.6 Å². The molecule has 4 heteroatoms. The van der Waals surface area contributed by atoms with Gasteiger partial charge in [0.25, 0.3) is 0 Å². The Morgan fingerprint density at radius 2 is 2.25 bits per heavy atom.